The van der Waals surface area contributed by atoms with E-state index in [1.54, 1.807) is 4.90 Å². The molecule has 1 aliphatic rings. The van der Waals surface area contributed by atoms with Gasteiger partial charge in [-0.1, -0.05) is 24.3 Å². The van der Waals surface area contributed by atoms with Gasteiger partial charge in [-0.3, -0.25) is 5.41 Å². The number of anilines is 3. The third-order valence-corrected chi connectivity index (χ3v) is 5.22. The zero-order chi connectivity index (χ0) is 20.7. The third-order valence-electron chi connectivity index (χ3n) is 5.22. The minimum atomic E-state index is 0.141. The van der Waals surface area contributed by atoms with Crippen LogP contribution in [-0.4, -0.2) is 27.5 Å². The predicted molar refractivity (Wildman–Crippen MR) is 122 cm³/mol. The fraction of sp³-hybridized carbons (Fsp3) is 0.0833. The number of hydrogen-bond acceptors (Lipinski definition) is 4. The molecule has 6 heteroatoms. The molecule has 1 aliphatic heterocycles. The van der Waals surface area contributed by atoms with Crippen molar-refractivity contribution in [3.05, 3.63) is 89.9 Å². The number of fused-ring (bicyclic) bond motifs is 1. The van der Waals surface area contributed by atoms with Gasteiger partial charge in [-0.2, -0.15) is 0 Å². The lowest BCUT2D eigenvalue weighted by Gasteiger charge is -2.19. The molecule has 0 aliphatic carbocycles. The van der Waals surface area contributed by atoms with Gasteiger partial charge in [-0.25, -0.2) is 4.98 Å². The number of benzene rings is 3. The predicted octanol–water partition coefficient (Wildman–Crippen LogP) is 5.38. The molecule has 0 radical (unpaired) electrons. The zero-order valence-corrected chi connectivity index (χ0v) is 16.5. The van der Waals surface area contributed by atoms with Crippen LogP contribution in [0.4, 0.5) is 17.1 Å². The highest BCUT2D eigenvalue weighted by Crippen LogP contribution is 2.31. The number of hydrogen-bond donors (Lipinski definition) is 4. The second kappa shape index (κ2) is 7.08. The second-order valence-electron chi connectivity index (χ2n) is 7.40. The molecule has 148 valence electrons. The fourth-order valence-electron chi connectivity index (χ4n) is 3.70. The average molecular weight is 395 g/mol. The van der Waals surface area contributed by atoms with E-state index in [0.29, 0.717) is 11.4 Å². The topological polar surface area (TPSA) is 88.0 Å². The molecule has 0 atom stereocenters. The monoisotopic (exact) mass is 395 g/mol. The molecule has 0 bridgehead atoms. The molecule has 30 heavy (non-hydrogen) atoms. The largest absolute Gasteiger partial charge is 0.509 e. The van der Waals surface area contributed by atoms with Crippen LogP contribution >= 0.6 is 0 Å². The molecular weight excluding hydrogens is 374 g/mol. The molecule has 4 N–H and O–H groups in total. The summed E-state index contributed by atoms with van der Waals surface area (Å²) in [5.74, 6) is 0.886. The summed E-state index contributed by atoms with van der Waals surface area (Å²) in [6.45, 7) is 2.27. The number of nitrogens with one attached hydrogen (secondary N) is 3. The van der Waals surface area contributed by atoms with E-state index in [1.165, 1.54) is 0 Å². The van der Waals surface area contributed by atoms with Gasteiger partial charge in [0.2, 0.25) is 0 Å². The molecule has 3 aromatic carbocycles. The lowest BCUT2D eigenvalue weighted by atomic mass is 10.2. The standard InChI is InChI=1S/C24H21N5O/c1-15-7-12-19-20(13-15)28-24(27-19)22-21(30)14-29(23(22)25)18-10-8-17(9-11-18)26-16-5-3-2-4-6-16/h2-13,25-26,30H,14H2,1H3,(H,27,28). The Labute approximate surface area is 174 Å². The maximum atomic E-state index is 10.6. The Morgan fingerprint density at radius 3 is 2.50 bits per heavy atom. The van der Waals surface area contributed by atoms with Crippen molar-refractivity contribution in [2.24, 2.45) is 0 Å². The van der Waals surface area contributed by atoms with Crippen LogP contribution in [0.2, 0.25) is 0 Å². The highest BCUT2D eigenvalue weighted by molar-refractivity contribution is 6.30. The van der Waals surface area contributed by atoms with Gasteiger partial charge in [0.1, 0.15) is 17.4 Å². The molecular formula is C24H21N5O. The van der Waals surface area contributed by atoms with E-state index < -0.39 is 0 Å². The number of aryl methyl sites for hydroxylation is 1. The zero-order valence-electron chi connectivity index (χ0n) is 16.5. The van der Waals surface area contributed by atoms with Crippen LogP contribution in [0.5, 0.6) is 0 Å². The normalized spacial score (nSPS) is 14.0. The van der Waals surface area contributed by atoms with Crippen LogP contribution in [0.3, 0.4) is 0 Å². The van der Waals surface area contributed by atoms with Crippen molar-refractivity contribution in [3.63, 3.8) is 0 Å². The van der Waals surface area contributed by atoms with Crippen molar-refractivity contribution < 1.29 is 5.11 Å². The minimum absolute atomic E-state index is 0.141. The van der Waals surface area contributed by atoms with Crippen molar-refractivity contribution in [2.45, 2.75) is 6.92 Å². The van der Waals surface area contributed by atoms with E-state index in [9.17, 15) is 5.11 Å². The third kappa shape index (κ3) is 3.18. The SMILES string of the molecule is Cc1ccc2nc(C3=C(O)CN(c4ccc(Nc5ccccc5)cc4)C3=N)[nH]c2c1. The lowest BCUT2D eigenvalue weighted by molar-refractivity contribution is 0.411. The molecule has 6 nitrogen and oxygen atoms in total. The first-order chi connectivity index (χ1) is 14.6. The average Bonchev–Trinajstić information content (AvgIpc) is 3.28. The van der Waals surface area contributed by atoms with Crippen molar-refractivity contribution in [1.29, 1.82) is 5.41 Å². The molecule has 1 aromatic heterocycles. The number of aliphatic hydroxyl groups excluding tert-OH is 1. The van der Waals surface area contributed by atoms with Gasteiger partial charge in [0.15, 0.2) is 0 Å². The van der Waals surface area contributed by atoms with E-state index >= 15 is 0 Å². The summed E-state index contributed by atoms with van der Waals surface area (Å²) in [7, 11) is 0. The van der Waals surface area contributed by atoms with Gasteiger partial charge < -0.3 is 20.3 Å². The number of aromatic nitrogens is 2. The number of H-pyrrole nitrogens is 1. The van der Waals surface area contributed by atoms with Gasteiger partial charge >= 0.3 is 0 Å². The smallest absolute Gasteiger partial charge is 0.145 e. The fourth-order valence-corrected chi connectivity index (χ4v) is 3.70. The van der Waals surface area contributed by atoms with E-state index in [-0.39, 0.29) is 18.1 Å². The maximum absolute atomic E-state index is 10.6. The van der Waals surface area contributed by atoms with Crippen LogP contribution in [-0.2, 0) is 0 Å². The summed E-state index contributed by atoms with van der Waals surface area (Å²) in [6.07, 6.45) is 0. The van der Waals surface area contributed by atoms with E-state index in [2.05, 4.69) is 15.3 Å². The van der Waals surface area contributed by atoms with Crippen molar-refractivity contribution >= 4 is 39.5 Å². The first kappa shape index (κ1) is 18.0. The van der Waals surface area contributed by atoms with Crippen molar-refractivity contribution in [1.82, 2.24) is 9.97 Å². The lowest BCUT2D eigenvalue weighted by Crippen LogP contribution is -2.26. The van der Waals surface area contributed by atoms with Crippen LogP contribution < -0.4 is 10.2 Å². The van der Waals surface area contributed by atoms with Gasteiger partial charge in [0.05, 0.1) is 23.2 Å². The summed E-state index contributed by atoms with van der Waals surface area (Å²) in [6, 6.07) is 23.7. The Morgan fingerprint density at radius 2 is 1.73 bits per heavy atom. The van der Waals surface area contributed by atoms with Crippen molar-refractivity contribution in [2.75, 3.05) is 16.8 Å². The van der Waals surface area contributed by atoms with Gasteiger partial charge in [0.25, 0.3) is 0 Å². The van der Waals surface area contributed by atoms with E-state index in [1.807, 2.05) is 79.7 Å². The molecule has 0 saturated heterocycles. The molecule has 0 amide bonds. The van der Waals surface area contributed by atoms with Crippen LogP contribution in [0, 0.1) is 12.3 Å². The molecule has 2 heterocycles. The quantitative estimate of drug-likeness (QED) is 0.373. The first-order valence-corrected chi connectivity index (χ1v) is 9.76. The van der Waals surface area contributed by atoms with E-state index in [4.69, 9.17) is 5.41 Å². The summed E-state index contributed by atoms with van der Waals surface area (Å²) in [5.41, 5.74) is 6.10. The van der Waals surface area contributed by atoms with Crippen LogP contribution in [0.1, 0.15) is 11.4 Å². The highest BCUT2D eigenvalue weighted by atomic mass is 16.3. The molecule has 0 saturated carbocycles. The molecule has 5 rings (SSSR count). The first-order valence-electron chi connectivity index (χ1n) is 9.76. The number of imidazole rings is 1. The molecule has 0 fully saturated rings. The Hall–Kier alpha value is -4.06. The number of aliphatic hydroxyl groups is 1. The minimum Gasteiger partial charge on any atom is -0.509 e. The van der Waals surface area contributed by atoms with Crippen molar-refractivity contribution in [3.8, 4) is 0 Å². The van der Waals surface area contributed by atoms with Gasteiger partial charge in [-0.05, 0) is 61.0 Å². The van der Waals surface area contributed by atoms with Gasteiger partial charge in [-0.15, -0.1) is 0 Å². The molecule has 4 aromatic rings. The number of aromatic amines is 1. The summed E-state index contributed by atoms with van der Waals surface area (Å²) in [5, 5.41) is 22.6. The summed E-state index contributed by atoms with van der Waals surface area (Å²) in [4.78, 5) is 9.59. The van der Waals surface area contributed by atoms with Crippen LogP contribution in [0.25, 0.3) is 16.6 Å². The number of nitrogens with zero attached hydrogens (tertiary/aromatic N) is 2. The Kier molecular flexibility index (Phi) is 4.25. The number of amidine groups is 1. The molecule has 0 unspecified atom stereocenters. The Bertz CT molecular complexity index is 1270. The summed E-state index contributed by atoms with van der Waals surface area (Å²) >= 11 is 0. The highest BCUT2D eigenvalue weighted by Gasteiger charge is 2.31. The summed E-state index contributed by atoms with van der Waals surface area (Å²) < 4.78 is 0. The Morgan fingerprint density at radius 1 is 1.00 bits per heavy atom. The van der Waals surface area contributed by atoms with Crippen LogP contribution in [0.15, 0.2) is 78.6 Å². The Balaban J connectivity index is 1.38. The molecule has 0 spiro atoms. The maximum Gasteiger partial charge on any atom is 0.145 e. The number of rotatable bonds is 4. The van der Waals surface area contributed by atoms with Gasteiger partial charge in [0, 0.05) is 17.1 Å². The second-order valence-corrected chi connectivity index (χ2v) is 7.40. The number of para-hydroxylation sites is 1. The van der Waals surface area contributed by atoms with E-state index in [0.717, 1.165) is 33.7 Å².